The number of aromatic hydroxyl groups is 2. The molecule has 31 heavy (non-hydrogen) atoms. The Kier molecular flexibility index (Phi) is 6.97. The Balaban J connectivity index is 1.64. The summed E-state index contributed by atoms with van der Waals surface area (Å²) >= 11 is 3.67. The van der Waals surface area contributed by atoms with Crippen molar-refractivity contribution in [1.29, 1.82) is 0 Å². The maximum Gasteiger partial charge on any atom is 0.165 e. The van der Waals surface area contributed by atoms with Gasteiger partial charge in [0.2, 0.25) is 0 Å². The van der Waals surface area contributed by atoms with Crippen molar-refractivity contribution >= 4 is 15.9 Å². The highest BCUT2D eigenvalue weighted by molar-refractivity contribution is 9.10. The Morgan fingerprint density at radius 3 is 2.61 bits per heavy atom. The van der Waals surface area contributed by atoms with Crippen molar-refractivity contribution in [2.75, 3.05) is 19.8 Å². The summed E-state index contributed by atoms with van der Waals surface area (Å²) < 4.78 is 12.7. The minimum absolute atomic E-state index is 0.191. The predicted molar refractivity (Wildman–Crippen MR) is 125 cm³/mol. The molecule has 1 atom stereocenters. The molecule has 0 aromatic heterocycles. The van der Waals surface area contributed by atoms with E-state index in [0.29, 0.717) is 24.7 Å². The fourth-order valence-corrected chi connectivity index (χ4v) is 5.32. The first-order chi connectivity index (χ1) is 15.0. The molecule has 0 fully saturated rings. The first-order valence-electron chi connectivity index (χ1n) is 11.4. The van der Waals surface area contributed by atoms with Crippen LogP contribution in [0, 0.1) is 0 Å². The van der Waals surface area contributed by atoms with Crippen LogP contribution in [-0.2, 0) is 19.4 Å². The van der Waals surface area contributed by atoms with Crippen LogP contribution in [0.4, 0.5) is 0 Å². The quantitative estimate of drug-likeness (QED) is 0.453. The molecule has 4 rings (SSSR count). The smallest absolute Gasteiger partial charge is 0.165 e. The number of phenolic OH excluding ortho intramolecular Hbond substituents is 2. The first-order valence-corrected chi connectivity index (χ1v) is 12.2. The highest BCUT2D eigenvalue weighted by Gasteiger charge is 2.36. The molecular formula is C25H32BrNO4. The molecule has 168 valence electrons. The van der Waals surface area contributed by atoms with E-state index in [-0.39, 0.29) is 17.5 Å². The summed E-state index contributed by atoms with van der Waals surface area (Å²) in [7, 11) is 0. The molecule has 5 nitrogen and oxygen atoms in total. The van der Waals surface area contributed by atoms with Crippen molar-refractivity contribution in [3.8, 4) is 23.0 Å². The van der Waals surface area contributed by atoms with Gasteiger partial charge in [0.1, 0.15) is 0 Å². The SMILES string of the molecule is CCCCCOc1c(O)cc(Br)c2c1CN1CCc3cc(OCCC)c(O)cc3[C@@H]1C2. The molecule has 2 N–H and O–H groups in total. The molecule has 2 aliphatic heterocycles. The van der Waals surface area contributed by atoms with Crippen LogP contribution in [-0.4, -0.2) is 34.9 Å². The number of benzene rings is 2. The topological polar surface area (TPSA) is 62.2 Å². The number of halogens is 1. The molecule has 2 heterocycles. The van der Waals surface area contributed by atoms with Crippen molar-refractivity contribution in [2.45, 2.75) is 65.0 Å². The lowest BCUT2D eigenvalue weighted by atomic mass is 9.83. The zero-order chi connectivity index (χ0) is 22.0. The number of hydrogen-bond donors (Lipinski definition) is 2. The molecule has 0 spiro atoms. The van der Waals surface area contributed by atoms with Crippen LogP contribution in [0.15, 0.2) is 22.7 Å². The van der Waals surface area contributed by atoms with E-state index >= 15 is 0 Å². The van der Waals surface area contributed by atoms with Crippen molar-refractivity contribution in [1.82, 2.24) is 4.90 Å². The lowest BCUT2D eigenvalue weighted by Gasteiger charge is -2.42. The van der Waals surface area contributed by atoms with E-state index in [0.717, 1.165) is 61.7 Å². The van der Waals surface area contributed by atoms with Crippen LogP contribution >= 0.6 is 15.9 Å². The molecule has 2 aromatic carbocycles. The summed E-state index contributed by atoms with van der Waals surface area (Å²) in [6.07, 6.45) is 5.88. The molecule has 0 radical (unpaired) electrons. The van der Waals surface area contributed by atoms with Crippen molar-refractivity contribution in [3.05, 3.63) is 44.9 Å². The van der Waals surface area contributed by atoms with Gasteiger partial charge < -0.3 is 19.7 Å². The Bertz CT molecular complexity index is 946. The maximum absolute atomic E-state index is 10.6. The van der Waals surface area contributed by atoms with Crippen LogP contribution in [0.3, 0.4) is 0 Å². The van der Waals surface area contributed by atoms with Gasteiger partial charge in [0.15, 0.2) is 23.0 Å². The highest BCUT2D eigenvalue weighted by Crippen LogP contribution is 2.47. The van der Waals surface area contributed by atoms with Crippen LogP contribution in [0.2, 0.25) is 0 Å². The zero-order valence-corrected chi connectivity index (χ0v) is 20.0. The number of nitrogens with zero attached hydrogens (tertiary/aromatic N) is 1. The summed E-state index contributed by atoms with van der Waals surface area (Å²) in [6, 6.07) is 5.85. The molecule has 2 aliphatic rings. The van der Waals surface area contributed by atoms with E-state index in [1.54, 1.807) is 6.07 Å². The highest BCUT2D eigenvalue weighted by atomic mass is 79.9. The van der Waals surface area contributed by atoms with E-state index in [1.165, 1.54) is 16.7 Å². The average Bonchev–Trinajstić information content (AvgIpc) is 2.76. The lowest BCUT2D eigenvalue weighted by molar-refractivity contribution is 0.155. The van der Waals surface area contributed by atoms with Gasteiger partial charge in [0, 0.05) is 29.2 Å². The molecule has 0 bridgehead atoms. The van der Waals surface area contributed by atoms with E-state index in [1.807, 2.05) is 12.1 Å². The number of ether oxygens (including phenoxy) is 2. The minimum Gasteiger partial charge on any atom is -0.504 e. The van der Waals surface area contributed by atoms with Gasteiger partial charge in [-0.05, 0) is 60.6 Å². The summed E-state index contributed by atoms with van der Waals surface area (Å²) in [5.74, 6) is 1.63. The van der Waals surface area contributed by atoms with Gasteiger partial charge in [0.05, 0.1) is 13.2 Å². The van der Waals surface area contributed by atoms with Gasteiger partial charge in [-0.1, -0.05) is 42.6 Å². The van der Waals surface area contributed by atoms with Crippen LogP contribution < -0.4 is 9.47 Å². The zero-order valence-electron chi connectivity index (χ0n) is 18.4. The standard InChI is InChI=1S/C25H32BrNO4/c1-3-5-6-10-31-25-19-15-27-8-7-16-11-24(30-9-4-2)22(28)13-17(16)21(27)12-18(19)20(26)14-23(25)29/h11,13-14,21,28-29H,3-10,12,15H2,1-2H3/t21-/m0/s1. The molecule has 0 saturated carbocycles. The average molecular weight is 490 g/mol. The van der Waals surface area contributed by atoms with Gasteiger partial charge in [0.25, 0.3) is 0 Å². The number of rotatable bonds is 8. The Morgan fingerprint density at radius 2 is 1.84 bits per heavy atom. The first kappa shape index (κ1) is 22.3. The minimum atomic E-state index is 0.191. The van der Waals surface area contributed by atoms with Crippen LogP contribution in [0.1, 0.15) is 67.8 Å². The second kappa shape index (κ2) is 9.70. The largest absolute Gasteiger partial charge is 0.504 e. The molecule has 6 heteroatoms. The molecule has 0 saturated heterocycles. The number of hydrogen-bond acceptors (Lipinski definition) is 5. The van der Waals surface area contributed by atoms with E-state index in [9.17, 15) is 10.2 Å². The van der Waals surface area contributed by atoms with E-state index < -0.39 is 0 Å². The van der Waals surface area contributed by atoms with Gasteiger partial charge in [-0.3, -0.25) is 4.90 Å². The fraction of sp³-hybridized carbons (Fsp3) is 0.520. The second-order valence-corrected chi connectivity index (χ2v) is 9.38. The monoisotopic (exact) mass is 489 g/mol. The summed E-state index contributed by atoms with van der Waals surface area (Å²) in [6.45, 7) is 7.11. The van der Waals surface area contributed by atoms with Gasteiger partial charge in [-0.2, -0.15) is 0 Å². The van der Waals surface area contributed by atoms with E-state index in [4.69, 9.17) is 9.47 Å². The second-order valence-electron chi connectivity index (χ2n) is 8.53. The van der Waals surface area contributed by atoms with Crippen molar-refractivity contribution in [3.63, 3.8) is 0 Å². The van der Waals surface area contributed by atoms with Crippen LogP contribution in [0.5, 0.6) is 23.0 Å². The summed E-state index contributed by atoms with van der Waals surface area (Å²) in [5.41, 5.74) is 4.68. The van der Waals surface area contributed by atoms with Crippen LogP contribution in [0.25, 0.3) is 0 Å². The third-order valence-corrected chi connectivity index (χ3v) is 7.03. The maximum atomic E-state index is 10.6. The Labute approximate surface area is 193 Å². The van der Waals surface area contributed by atoms with Crippen molar-refractivity contribution in [2.24, 2.45) is 0 Å². The molecule has 0 aliphatic carbocycles. The normalized spacial score (nSPS) is 17.6. The Hall–Kier alpha value is -1.92. The molecule has 0 amide bonds. The summed E-state index contributed by atoms with van der Waals surface area (Å²) in [4.78, 5) is 2.43. The number of unbranched alkanes of at least 4 members (excludes halogenated alkanes) is 2. The van der Waals surface area contributed by atoms with Gasteiger partial charge >= 0.3 is 0 Å². The lowest BCUT2D eigenvalue weighted by Crippen LogP contribution is -2.39. The van der Waals surface area contributed by atoms with Gasteiger partial charge in [-0.15, -0.1) is 0 Å². The van der Waals surface area contributed by atoms with Crippen molar-refractivity contribution < 1.29 is 19.7 Å². The molecule has 0 unspecified atom stereocenters. The number of fused-ring (bicyclic) bond motifs is 4. The van der Waals surface area contributed by atoms with E-state index in [2.05, 4.69) is 34.7 Å². The predicted octanol–water partition coefficient (Wildman–Crippen LogP) is 5.87. The molecular weight excluding hydrogens is 458 g/mol. The summed E-state index contributed by atoms with van der Waals surface area (Å²) in [5, 5.41) is 21.1. The fourth-order valence-electron chi connectivity index (χ4n) is 4.71. The third-order valence-electron chi connectivity index (χ3n) is 6.33. The Morgan fingerprint density at radius 1 is 1.00 bits per heavy atom. The third kappa shape index (κ3) is 4.51. The van der Waals surface area contributed by atoms with Gasteiger partial charge in [-0.25, -0.2) is 0 Å². The number of phenols is 2. The molecule has 2 aromatic rings.